The Morgan fingerprint density at radius 1 is 1.13 bits per heavy atom. The molecule has 30 heavy (non-hydrogen) atoms. The van der Waals surface area contributed by atoms with E-state index in [-0.39, 0.29) is 17.9 Å². The molecule has 0 radical (unpaired) electrons. The number of nitrogens with zero attached hydrogens (tertiary/aromatic N) is 1. The van der Waals surface area contributed by atoms with Crippen molar-refractivity contribution in [3.05, 3.63) is 53.6 Å². The van der Waals surface area contributed by atoms with Gasteiger partial charge in [0.2, 0.25) is 5.91 Å². The zero-order chi connectivity index (χ0) is 21.5. The number of nitrogens with one attached hydrogen (secondary N) is 1. The first-order chi connectivity index (χ1) is 14.5. The highest BCUT2D eigenvalue weighted by Crippen LogP contribution is 2.31. The maximum absolute atomic E-state index is 12.6. The molecule has 2 aromatic carbocycles. The number of amides is 2. The number of thioether (sulfide) groups is 1. The molecule has 1 fully saturated rings. The van der Waals surface area contributed by atoms with Crippen molar-refractivity contribution in [1.82, 2.24) is 10.2 Å². The molecule has 0 spiro atoms. The summed E-state index contributed by atoms with van der Waals surface area (Å²) < 4.78 is 11.6. The average Bonchev–Trinajstić information content (AvgIpc) is 2.78. The monoisotopic (exact) mass is 428 g/mol. The minimum atomic E-state index is -0.163. The van der Waals surface area contributed by atoms with Crippen LogP contribution in [0, 0.1) is 0 Å². The molecule has 0 unspecified atom stereocenters. The summed E-state index contributed by atoms with van der Waals surface area (Å²) in [6.45, 7) is 3.44. The van der Waals surface area contributed by atoms with Gasteiger partial charge in [-0.15, -0.1) is 11.8 Å². The number of methoxy groups -OCH3 is 1. The van der Waals surface area contributed by atoms with Crippen molar-refractivity contribution >= 4 is 23.6 Å². The first kappa shape index (κ1) is 22.0. The van der Waals surface area contributed by atoms with Crippen molar-refractivity contribution in [1.29, 1.82) is 0 Å². The molecule has 1 N–H and O–H groups in total. The molecule has 0 atom stereocenters. The predicted octanol–water partition coefficient (Wildman–Crippen LogP) is 3.74. The summed E-state index contributed by atoms with van der Waals surface area (Å²) in [6.07, 6.45) is 3.61. The summed E-state index contributed by atoms with van der Waals surface area (Å²) in [5.74, 6) is 1.08. The summed E-state index contributed by atoms with van der Waals surface area (Å²) in [4.78, 5) is 27.1. The van der Waals surface area contributed by atoms with Crippen molar-refractivity contribution < 1.29 is 19.1 Å². The molecule has 6 nitrogen and oxygen atoms in total. The third kappa shape index (κ3) is 5.69. The smallest absolute Gasteiger partial charge is 0.251 e. The van der Waals surface area contributed by atoms with E-state index >= 15 is 0 Å². The van der Waals surface area contributed by atoms with Crippen LogP contribution >= 0.6 is 11.8 Å². The lowest BCUT2D eigenvalue weighted by atomic mass is 10.1. The molecule has 1 aliphatic rings. The Kier molecular flexibility index (Phi) is 7.63. The molecule has 1 heterocycles. The normalized spacial score (nSPS) is 14.3. The van der Waals surface area contributed by atoms with Gasteiger partial charge < -0.3 is 19.7 Å². The van der Waals surface area contributed by atoms with Gasteiger partial charge in [0.1, 0.15) is 6.10 Å². The molecule has 2 aromatic rings. The second-order valence-electron chi connectivity index (χ2n) is 7.22. The molecule has 2 amide bonds. The first-order valence-corrected chi connectivity index (χ1v) is 11.2. The number of carbonyl (C=O) groups excluding carboxylic acids is 2. The Bertz CT molecular complexity index is 895. The molecule has 0 aromatic heterocycles. The quantitative estimate of drug-likeness (QED) is 0.681. The van der Waals surface area contributed by atoms with Crippen LogP contribution in [-0.2, 0) is 11.3 Å². The van der Waals surface area contributed by atoms with Crippen molar-refractivity contribution in [3.8, 4) is 11.5 Å². The van der Waals surface area contributed by atoms with Crippen LogP contribution in [0.3, 0.4) is 0 Å². The average molecular weight is 429 g/mol. The standard InChI is InChI=1S/C23H28N2O4S/c1-16(26)25-11-9-19(10-12-25)29-21-8-7-18(14-22(21)28-2)23(27)24-15-17-5-4-6-20(13-17)30-3/h4-8,13-14,19H,9-12,15H2,1-3H3,(H,24,27). The maximum atomic E-state index is 12.6. The lowest BCUT2D eigenvalue weighted by molar-refractivity contribution is -0.130. The van der Waals surface area contributed by atoms with Crippen molar-refractivity contribution in [2.75, 3.05) is 26.5 Å². The Hall–Kier alpha value is -2.67. The van der Waals surface area contributed by atoms with Crippen LogP contribution in [-0.4, -0.2) is 49.3 Å². The molecule has 0 aliphatic carbocycles. The third-order valence-electron chi connectivity index (χ3n) is 5.19. The molecule has 7 heteroatoms. The molecule has 1 aliphatic heterocycles. The minimum absolute atomic E-state index is 0.0258. The van der Waals surface area contributed by atoms with Gasteiger partial charge in [-0.05, 0) is 42.2 Å². The zero-order valence-corrected chi connectivity index (χ0v) is 18.5. The first-order valence-electron chi connectivity index (χ1n) is 10.0. The van der Waals surface area contributed by atoms with Gasteiger partial charge >= 0.3 is 0 Å². The van der Waals surface area contributed by atoms with Gasteiger partial charge in [-0.2, -0.15) is 0 Å². The fourth-order valence-corrected chi connectivity index (χ4v) is 3.92. The number of hydrogen-bond donors (Lipinski definition) is 1. The fourth-order valence-electron chi connectivity index (χ4n) is 3.44. The Morgan fingerprint density at radius 3 is 2.57 bits per heavy atom. The van der Waals surface area contributed by atoms with E-state index in [0.717, 1.165) is 18.4 Å². The number of hydrogen-bond acceptors (Lipinski definition) is 5. The van der Waals surface area contributed by atoms with Crippen molar-refractivity contribution in [2.45, 2.75) is 37.3 Å². The highest BCUT2D eigenvalue weighted by atomic mass is 32.2. The second kappa shape index (κ2) is 10.4. The summed E-state index contributed by atoms with van der Waals surface area (Å²) >= 11 is 1.67. The van der Waals surface area contributed by atoms with E-state index in [0.29, 0.717) is 36.7 Å². The molecule has 1 saturated heterocycles. The largest absolute Gasteiger partial charge is 0.493 e. The van der Waals surface area contributed by atoms with Crippen LogP contribution in [0.4, 0.5) is 0 Å². The van der Waals surface area contributed by atoms with Crippen LogP contribution in [0.2, 0.25) is 0 Å². The number of benzene rings is 2. The van der Waals surface area contributed by atoms with Crippen LogP contribution in [0.15, 0.2) is 47.4 Å². The Labute approximate surface area is 181 Å². The van der Waals surface area contributed by atoms with Crippen LogP contribution in [0.1, 0.15) is 35.7 Å². The van der Waals surface area contributed by atoms with E-state index in [9.17, 15) is 9.59 Å². The van der Waals surface area contributed by atoms with E-state index in [4.69, 9.17) is 9.47 Å². The topological polar surface area (TPSA) is 67.9 Å². The summed E-state index contributed by atoms with van der Waals surface area (Å²) in [7, 11) is 1.57. The molecular formula is C23H28N2O4S. The summed E-state index contributed by atoms with van der Waals surface area (Å²) in [5, 5.41) is 2.95. The number of rotatable bonds is 7. The number of carbonyl (C=O) groups is 2. The van der Waals surface area contributed by atoms with E-state index in [1.54, 1.807) is 44.0 Å². The van der Waals surface area contributed by atoms with Crippen molar-refractivity contribution in [2.24, 2.45) is 0 Å². The van der Waals surface area contributed by atoms with Crippen LogP contribution in [0.5, 0.6) is 11.5 Å². The van der Waals surface area contributed by atoms with Gasteiger partial charge in [0.25, 0.3) is 5.91 Å². The Morgan fingerprint density at radius 2 is 1.90 bits per heavy atom. The van der Waals surface area contributed by atoms with Crippen LogP contribution in [0.25, 0.3) is 0 Å². The lowest BCUT2D eigenvalue weighted by Gasteiger charge is -2.31. The summed E-state index contributed by atoms with van der Waals surface area (Å²) in [6, 6.07) is 13.3. The number of piperidine rings is 1. The van der Waals surface area contributed by atoms with E-state index in [2.05, 4.69) is 11.4 Å². The molecule has 0 bridgehead atoms. The number of likely N-dealkylation sites (tertiary alicyclic amines) is 1. The number of ether oxygens (including phenoxy) is 2. The van der Waals surface area contributed by atoms with Gasteiger partial charge in [-0.3, -0.25) is 9.59 Å². The SMILES string of the molecule is COc1cc(C(=O)NCc2cccc(SC)c2)ccc1OC1CCN(C(C)=O)CC1. The molecule has 3 rings (SSSR count). The Balaban J connectivity index is 1.60. The highest BCUT2D eigenvalue weighted by Gasteiger charge is 2.23. The van der Waals surface area contributed by atoms with E-state index in [1.165, 1.54) is 4.90 Å². The van der Waals surface area contributed by atoms with Gasteiger partial charge in [0.05, 0.1) is 7.11 Å². The van der Waals surface area contributed by atoms with E-state index in [1.807, 2.05) is 29.4 Å². The zero-order valence-electron chi connectivity index (χ0n) is 17.6. The fraction of sp³-hybridized carbons (Fsp3) is 0.391. The molecule has 0 saturated carbocycles. The maximum Gasteiger partial charge on any atom is 0.251 e. The van der Waals surface area contributed by atoms with E-state index < -0.39 is 0 Å². The summed E-state index contributed by atoms with van der Waals surface area (Å²) in [5.41, 5.74) is 1.57. The molecular weight excluding hydrogens is 400 g/mol. The lowest BCUT2D eigenvalue weighted by Crippen LogP contribution is -2.40. The van der Waals surface area contributed by atoms with Crippen molar-refractivity contribution in [3.63, 3.8) is 0 Å². The van der Waals surface area contributed by atoms with Gasteiger partial charge in [-0.1, -0.05) is 12.1 Å². The second-order valence-corrected chi connectivity index (χ2v) is 8.10. The van der Waals surface area contributed by atoms with Crippen LogP contribution < -0.4 is 14.8 Å². The minimum Gasteiger partial charge on any atom is -0.493 e. The molecule has 160 valence electrons. The predicted molar refractivity (Wildman–Crippen MR) is 118 cm³/mol. The van der Waals surface area contributed by atoms with Gasteiger partial charge in [0, 0.05) is 49.9 Å². The third-order valence-corrected chi connectivity index (χ3v) is 5.92. The van der Waals surface area contributed by atoms with Gasteiger partial charge in [0.15, 0.2) is 11.5 Å². The van der Waals surface area contributed by atoms with Gasteiger partial charge in [-0.25, -0.2) is 0 Å². The highest BCUT2D eigenvalue weighted by molar-refractivity contribution is 7.98.